The van der Waals surface area contributed by atoms with Crippen molar-refractivity contribution in [2.75, 3.05) is 5.32 Å². The van der Waals surface area contributed by atoms with Crippen LogP contribution in [0.4, 0.5) is 5.00 Å². The molecule has 0 saturated carbocycles. The van der Waals surface area contributed by atoms with Gasteiger partial charge in [0.25, 0.3) is 5.91 Å². The highest BCUT2D eigenvalue weighted by Crippen LogP contribution is 2.22. The van der Waals surface area contributed by atoms with Crippen molar-refractivity contribution in [3.63, 3.8) is 0 Å². The van der Waals surface area contributed by atoms with Gasteiger partial charge < -0.3 is 5.32 Å². The van der Waals surface area contributed by atoms with Crippen molar-refractivity contribution < 1.29 is 4.79 Å². The van der Waals surface area contributed by atoms with Crippen LogP contribution in [-0.2, 0) is 0 Å². The van der Waals surface area contributed by atoms with Crippen LogP contribution in [-0.4, -0.2) is 15.5 Å². The number of benzene rings is 1. The Morgan fingerprint density at radius 1 is 1.50 bits per heavy atom. The van der Waals surface area contributed by atoms with Crippen LogP contribution in [0, 0.1) is 6.92 Å². The first-order chi connectivity index (χ1) is 7.68. The van der Waals surface area contributed by atoms with Gasteiger partial charge in [0, 0.05) is 16.0 Å². The topological polar surface area (TPSA) is 54.9 Å². The van der Waals surface area contributed by atoms with E-state index < -0.39 is 0 Å². The molecule has 0 spiro atoms. The maximum Gasteiger partial charge on any atom is 0.257 e. The molecule has 0 saturated heterocycles. The van der Waals surface area contributed by atoms with Crippen LogP contribution in [0.15, 0.2) is 28.9 Å². The molecule has 2 rings (SSSR count). The van der Waals surface area contributed by atoms with Crippen molar-refractivity contribution >= 4 is 38.4 Å². The van der Waals surface area contributed by atoms with Gasteiger partial charge in [0.05, 0.1) is 11.8 Å². The van der Waals surface area contributed by atoms with Gasteiger partial charge in [-0.15, -0.1) is 5.10 Å². The van der Waals surface area contributed by atoms with Crippen molar-refractivity contribution in [1.29, 1.82) is 0 Å². The maximum atomic E-state index is 11.9. The minimum Gasteiger partial charge on any atom is -0.311 e. The number of aromatic nitrogens is 2. The van der Waals surface area contributed by atoms with E-state index in [0.717, 1.165) is 21.6 Å². The molecule has 0 aliphatic heterocycles. The van der Waals surface area contributed by atoms with Crippen LogP contribution in [0.5, 0.6) is 0 Å². The van der Waals surface area contributed by atoms with E-state index in [1.54, 1.807) is 6.07 Å². The normalized spacial score (nSPS) is 10.1. The van der Waals surface area contributed by atoms with Gasteiger partial charge in [0.2, 0.25) is 0 Å². The van der Waals surface area contributed by atoms with E-state index in [9.17, 15) is 4.79 Å². The third-order valence-corrected chi connectivity index (χ3v) is 3.67. The highest BCUT2D eigenvalue weighted by atomic mass is 79.9. The summed E-state index contributed by atoms with van der Waals surface area (Å²) < 4.78 is 4.48. The molecule has 4 nitrogen and oxygen atoms in total. The van der Waals surface area contributed by atoms with E-state index >= 15 is 0 Å². The average molecular weight is 298 g/mol. The lowest BCUT2D eigenvalue weighted by atomic mass is 10.1. The molecule has 1 N–H and O–H groups in total. The number of anilines is 1. The summed E-state index contributed by atoms with van der Waals surface area (Å²) in [6.07, 6.45) is 1.52. The number of amides is 1. The van der Waals surface area contributed by atoms with Crippen molar-refractivity contribution in [3.8, 4) is 0 Å². The Morgan fingerprint density at radius 3 is 3.00 bits per heavy atom. The zero-order valence-corrected chi connectivity index (χ0v) is 10.8. The minimum atomic E-state index is -0.165. The van der Waals surface area contributed by atoms with Crippen molar-refractivity contribution in [3.05, 3.63) is 40.0 Å². The number of carbonyl (C=O) groups excluding carboxylic acids is 1. The molecule has 0 aliphatic carbocycles. The minimum absolute atomic E-state index is 0.165. The molecule has 2 aromatic rings. The zero-order valence-electron chi connectivity index (χ0n) is 8.40. The second-order valence-electron chi connectivity index (χ2n) is 3.17. The molecular formula is C10H8BrN3OS. The number of nitrogens with zero attached hydrogens (tertiary/aromatic N) is 2. The van der Waals surface area contributed by atoms with Crippen molar-refractivity contribution in [2.45, 2.75) is 6.92 Å². The van der Waals surface area contributed by atoms with E-state index in [1.165, 1.54) is 6.20 Å². The zero-order chi connectivity index (χ0) is 11.5. The Balaban J connectivity index is 2.24. The van der Waals surface area contributed by atoms with Crippen LogP contribution in [0.25, 0.3) is 0 Å². The number of aryl methyl sites for hydroxylation is 1. The van der Waals surface area contributed by atoms with Gasteiger partial charge in [-0.05, 0) is 34.5 Å². The van der Waals surface area contributed by atoms with Crippen LogP contribution >= 0.6 is 27.5 Å². The van der Waals surface area contributed by atoms with Crippen molar-refractivity contribution in [1.82, 2.24) is 9.59 Å². The SMILES string of the molecule is Cc1cccc(C(=O)Nc2cnns2)c1Br. The Bertz CT molecular complexity index is 513. The van der Waals surface area contributed by atoms with Crippen LogP contribution in [0.1, 0.15) is 15.9 Å². The number of hydrogen-bond donors (Lipinski definition) is 1. The highest BCUT2D eigenvalue weighted by molar-refractivity contribution is 9.10. The number of rotatable bonds is 2. The quantitative estimate of drug-likeness (QED) is 0.927. The summed E-state index contributed by atoms with van der Waals surface area (Å²) in [5.74, 6) is -0.165. The largest absolute Gasteiger partial charge is 0.311 e. The van der Waals surface area contributed by atoms with Gasteiger partial charge in [0.1, 0.15) is 5.00 Å². The first-order valence-corrected chi connectivity index (χ1v) is 6.09. The molecule has 1 amide bonds. The molecule has 0 unspecified atom stereocenters. The standard InChI is InChI=1S/C10H8BrN3OS/c1-6-3-2-4-7(9(6)11)10(15)13-8-5-12-14-16-8/h2-5H,1H3,(H,13,15). The third kappa shape index (κ3) is 2.28. The summed E-state index contributed by atoms with van der Waals surface area (Å²) in [5, 5.41) is 7.02. The molecular weight excluding hydrogens is 290 g/mol. The first kappa shape index (κ1) is 11.2. The van der Waals surface area contributed by atoms with Crippen LogP contribution in [0.2, 0.25) is 0 Å². The second kappa shape index (κ2) is 4.71. The molecule has 0 atom stereocenters. The lowest BCUT2D eigenvalue weighted by molar-refractivity contribution is 0.102. The van der Waals surface area contributed by atoms with Gasteiger partial charge in [-0.1, -0.05) is 16.6 Å². The molecule has 0 bridgehead atoms. The van der Waals surface area contributed by atoms with Gasteiger partial charge in [-0.25, -0.2) is 0 Å². The Labute approximate surface area is 105 Å². The summed E-state index contributed by atoms with van der Waals surface area (Å²) in [6.45, 7) is 1.94. The van der Waals surface area contributed by atoms with E-state index in [-0.39, 0.29) is 5.91 Å². The van der Waals surface area contributed by atoms with Crippen LogP contribution in [0.3, 0.4) is 0 Å². The summed E-state index contributed by atoms with van der Waals surface area (Å²) in [4.78, 5) is 11.9. The van der Waals surface area contributed by atoms with Crippen LogP contribution < -0.4 is 5.32 Å². The molecule has 82 valence electrons. The molecule has 0 fully saturated rings. The lowest BCUT2D eigenvalue weighted by Crippen LogP contribution is -2.11. The second-order valence-corrected chi connectivity index (χ2v) is 4.75. The van der Waals surface area contributed by atoms with E-state index in [2.05, 4.69) is 30.8 Å². The van der Waals surface area contributed by atoms with E-state index in [1.807, 2.05) is 19.1 Å². The van der Waals surface area contributed by atoms with Gasteiger partial charge in [0.15, 0.2) is 0 Å². The third-order valence-electron chi connectivity index (χ3n) is 2.03. The Morgan fingerprint density at radius 2 is 2.31 bits per heavy atom. The lowest BCUT2D eigenvalue weighted by Gasteiger charge is -2.06. The van der Waals surface area contributed by atoms with E-state index in [4.69, 9.17) is 0 Å². The first-order valence-electron chi connectivity index (χ1n) is 4.52. The number of carbonyl (C=O) groups is 1. The molecule has 0 aliphatic rings. The number of hydrogen-bond acceptors (Lipinski definition) is 4. The monoisotopic (exact) mass is 297 g/mol. The fraction of sp³-hybridized carbons (Fsp3) is 0.100. The predicted molar refractivity (Wildman–Crippen MR) is 66.7 cm³/mol. The number of nitrogens with one attached hydrogen (secondary N) is 1. The Hall–Kier alpha value is -1.27. The molecule has 6 heteroatoms. The van der Waals surface area contributed by atoms with Gasteiger partial charge in [-0.2, -0.15) is 0 Å². The highest BCUT2D eigenvalue weighted by Gasteiger charge is 2.12. The summed E-state index contributed by atoms with van der Waals surface area (Å²) in [7, 11) is 0. The molecule has 16 heavy (non-hydrogen) atoms. The average Bonchev–Trinajstić information content (AvgIpc) is 2.74. The fourth-order valence-electron chi connectivity index (χ4n) is 1.22. The van der Waals surface area contributed by atoms with Crippen molar-refractivity contribution in [2.24, 2.45) is 0 Å². The molecule has 1 aromatic carbocycles. The summed E-state index contributed by atoms with van der Waals surface area (Å²) in [5.41, 5.74) is 1.63. The molecule has 1 heterocycles. The molecule has 1 aromatic heterocycles. The summed E-state index contributed by atoms with van der Waals surface area (Å²) >= 11 is 4.54. The fourth-order valence-corrected chi connectivity index (χ4v) is 2.08. The summed E-state index contributed by atoms with van der Waals surface area (Å²) in [6, 6.07) is 5.55. The van der Waals surface area contributed by atoms with Gasteiger partial charge in [-0.3, -0.25) is 4.79 Å². The number of halogens is 1. The predicted octanol–water partition coefficient (Wildman–Crippen LogP) is 2.86. The van der Waals surface area contributed by atoms with E-state index in [0.29, 0.717) is 10.6 Å². The smallest absolute Gasteiger partial charge is 0.257 e. The Kier molecular flexibility index (Phi) is 3.31. The maximum absolute atomic E-state index is 11.9. The molecule has 0 radical (unpaired) electrons. The van der Waals surface area contributed by atoms with Gasteiger partial charge >= 0.3 is 0 Å².